The molecule has 0 aromatic heterocycles. The van der Waals surface area contributed by atoms with Crippen LogP contribution in [0.4, 0.5) is 0 Å². The number of carbonyl (C=O) groups excluding carboxylic acids is 4. The summed E-state index contributed by atoms with van der Waals surface area (Å²) in [7, 11) is 0. The topological polar surface area (TPSA) is 140 Å². The van der Waals surface area contributed by atoms with Gasteiger partial charge in [0.15, 0.2) is 0 Å². The zero-order valence-corrected chi connectivity index (χ0v) is 25.3. The molecule has 3 amide bonds. The van der Waals surface area contributed by atoms with Crippen molar-refractivity contribution in [1.29, 1.82) is 0 Å². The molecule has 42 heavy (non-hydrogen) atoms. The van der Waals surface area contributed by atoms with Crippen LogP contribution in [0.3, 0.4) is 0 Å². The van der Waals surface area contributed by atoms with E-state index in [9.17, 15) is 24.3 Å². The zero-order valence-electron chi connectivity index (χ0n) is 25.3. The summed E-state index contributed by atoms with van der Waals surface area (Å²) in [5.74, 6) is -1.15. The van der Waals surface area contributed by atoms with E-state index in [2.05, 4.69) is 46.6 Å². The van der Waals surface area contributed by atoms with Gasteiger partial charge in [0.1, 0.15) is 18.6 Å². The Morgan fingerprint density at radius 3 is 2.29 bits per heavy atom. The summed E-state index contributed by atoms with van der Waals surface area (Å²) < 4.78 is 0. The van der Waals surface area contributed by atoms with Crippen molar-refractivity contribution in [2.45, 2.75) is 71.2 Å². The minimum atomic E-state index is -1.27. The highest BCUT2D eigenvalue weighted by atomic mass is 16.3. The number of carbonyl (C=O) groups is 4. The molecular formula is C32H49N5O5. The van der Waals surface area contributed by atoms with Crippen molar-refractivity contribution < 1.29 is 24.3 Å². The fourth-order valence-electron chi connectivity index (χ4n) is 4.31. The van der Waals surface area contributed by atoms with Gasteiger partial charge in [0.05, 0.1) is 25.7 Å². The summed E-state index contributed by atoms with van der Waals surface area (Å²) in [6, 6.07) is 7.99. The molecule has 0 heterocycles. The third-order valence-corrected chi connectivity index (χ3v) is 6.30. The lowest BCUT2D eigenvalue weighted by molar-refractivity contribution is -0.130. The number of aliphatic hydroxyl groups excluding tert-OH is 1. The van der Waals surface area contributed by atoms with Gasteiger partial charge in [-0.25, -0.2) is 0 Å². The molecule has 5 N–H and O–H groups in total. The van der Waals surface area contributed by atoms with Crippen molar-refractivity contribution in [3.63, 3.8) is 0 Å². The second-order valence-electron chi connectivity index (χ2n) is 10.1. The van der Waals surface area contributed by atoms with Crippen molar-refractivity contribution in [1.82, 2.24) is 26.2 Å². The first-order valence-electron chi connectivity index (χ1n) is 14.7. The van der Waals surface area contributed by atoms with Crippen LogP contribution < -0.4 is 21.3 Å². The fraction of sp³-hybridized carbons (Fsp3) is 0.500. The molecule has 0 aliphatic carbocycles. The summed E-state index contributed by atoms with van der Waals surface area (Å²) in [5.41, 5.74) is 1.67. The third-order valence-electron chi connectivity index (χ3n) is 6.30. The van der Waals surface area contributed by atoms with Gasteiger partial charge in [-0.2, -0.15) is 0 Å². The molecule has 1 aromatic rings. The number of nitrogens with zero attached hydrogens (tertiary/aromatic N) is 1. The third kappa shape index (κ3) is 16.0. The number of nitrogens with one attached hydrogen (secondary N) is 4. The summed E-state index contributed by atoms with van der Waals surface area (Å²) in [6.07, 6.45) is 9.47. The van der Waals surface area contributed by atoms with E-state index in [1.165, 1.54) is 0 Å². The number of amides is 3. The Morgan fingerprint density at radius 1 is 1.00 bits per heavy atom. The molecule has 0 bridgehead atoms. The Morgan fingerprint density at radius 2 is 1.67 bits per heavy atom. The lowest BCUT2D eigenvalue weighted by Crippen LogP contribution is -2.54. The van der Waals surface area contributed by atoms with E-state index in [1.807, 2.05) is 49.4 Å². The second kappa shape index (κ2) is 22.1. The van der Waals surface area contributed by atoms with E-state index in [0.717, 1.165) is 31.5 Å². The van der Waals surface area contributed by atoms with Crippen molar-refractivity contribution in [3.05, 3.63) is 72.4 Å². The molecule has 1 aromatic carbocycles. The van der Waals surface area contributed by atoms with Crippen LogP contribution in [-0.4, -0.2) is 85.0 Å². The zero-order chi connectivity index (χ0) is 31.2. The van der Waals surface area contributed by atoms with Gasteiger partial charge in [-0.05, 0) is 57.7 Å². The highest BCUT2D eigenvalue weighted by Gasteiger charge is 2.25. The summed E-state index contributed by atoms with van der Waals surface area (Å²) >= 11 is 0. The number of benzene rings is 1. The molecule has 1 rings (SSSR count). The summed E-state index contributed by atoms with van der Waals surface area (Å²) in [5, 5.41) is 21.5. The van der Waals surface area contributed by atoms with E-state index >= 15 is 0 Å². The minimum Gasteiger partial charge on any atom is -0.377 e. The molecule has 10 nitrogen and oxygen atoms in total. The SMILES string of the molecule is C=C(/C=C\C=C/C)C[C@H](NC(O)CNC(=O)[C@H](CCc1ccccc1)NC(=O)CN(CCC)CCC)C(=O)NCC=O. The molecule has 0 radical (unpaired) electrons. The highest BCUT2D eigenvalue weighted by Crippen LogP contribution is 2.08. The van der Waals surface area contributed by atoms with E-state index in [4.69, 9.17) is 0 Å². The van der Waals surface area contributed by atoms with Crippen LogP contribution in [0, 0.1) is 0 Å². The van der Waals surface area contributed by atoms with Crippen molar-refractivity contribution in [3.8, 4) is 0 Å². The molecule has 0 saturated heterocycles. The molecule has 0 fully saturated rings. The van der Waals surface area contributed by atoms with Crippen LogP contribution in [0.25, 0.3) is 0 Å². The predicted molar refractivity (Wildman–Crippen MR) is 166 cm³/mol. The molecule has 0 spiro atoms. The average molecular weight is 584 g/mol. The summed E-state index contributed by atoms with van der Waals surface area (Å²) in [4.78, 5) is 51.5. The average Bonchev–Trinajstić information content (AvgIpc) is 2.97. The van der Waals surface area contributed by atoms with Gasteiger partial charge < -0.3 is 25.9 Å². The number of hydrogen-bond acceptors (Lipinski definition) is 7. The number of allylic oxidation sites excluding steroid dienone is 4. The smallest absolute Gasteiger partial charge is 0.242 e. The molecule has 232 valence electrons. The van der Waals surface area contributed by atoms with Gasteiger partial charge in [-0.1, -0.05) is 80.6 Å². The quantitative estimate of drug-likeness (QED) is 0.0799. The fourth-order valence-corrected chi connectivity index (χ4v) is 4.31. The van der Waals surface area contributed by atoms with Gasteiger partial charge in [0.25, 0.3) is 0 Å². The second-order valence-corrected chi connectivity index (χ2v) is 10.1. The first-order chi connectivity index (χ1) is 20.2. The number of hydrogen-bond donors (Lipinski definition) is 5. The van der Waals surface area contributed by atoms with E-state index in [1.54, 1.807) is 12.2 Å². The Labute approximate surface area is 250 Å². The van der Waals surface area contributed by atoms with Crippen LogP contribution >= 0.6 is 0 Å². The summed E-state index contributed by atoms with van der Waals surface area (Å²) in [6.45, 7) is 11.4. The van der Waals surface area contributed by atoms with E-state index < -0.39 is 30.1 Å². The first kappa shape index (κ1) is 36.4. The molecular weight excluding hydrogens is 534 g/mol. The van der Waals surface area contributed by atoms with Crippen molar-refractivity contribution in [2.24, 2.45) is 0 Å². The van der Waals surface area contributed by atoms with Gasteiger partial charge in [0, 0.05) is 0 Å². The largest absolute Gasteiger partial charge is 0.377 e. The lowest BCUT2D eigenvalue weighted by Gasteiger charge is -2.25. The number of aldehydes is 1. The van der Waals surface area contributed by atoms with Crippen molar-refractivity contribution in [2.75, 3.05) is 32.7 Å². The molecule has 3 atom stereocenters. The predicted octanol–water partition coefficient (Wildman–Crippen LogP) is 2.01. The number of aliphatic hydroxyl groups is 1. The lowest BCUT2D eigenvalue weighted by atomic mass is 10.0. The van der Waals surface area contributed by atoms with Crippen LogP contribution in [-0.2, 0) is 25.6 Å². The molecule has 0 aliphatic rings. The Hall–Kier alpha value is -3.60. The van der Waals surface area contributed by atoms with Crippen LogP contribution in [0.5, 0.6) is 0 Å². The van der Waals surface area contributed by atoms with Crippen molar-refractivity contribution >= 4 is 24.0 Å². The van der Waals surface area contributed by atoms with Crippen LogP contribution in [0.2, 0.25) is 0 Å². The normalized spacial score (nSPS) is 13.5. The molecule has 1 unspecified atom stereocenters. The molecule has 10 heteroatoms. The van der Waals surface area contributed by atoms with Crippen LogP contribution in [0.15, 0.2) is 66.8 Å². The number of aryl methyl sites for hydroxylation is 1. The minimum absolute atomic E-state index is 0.165. The van der Waals surface area contributed by atoms with Gasteiger partial charge >= 0.3 is 0 Å². The van der Waals surface area contributed by atoms with Crippen LogP contribution in [0.1, 0.15) is 52.0 Å². The highest BCUT2D eigenvalue weighted by molar-refractivity contribution is 5.88. The van der Waals surface area contributed by atoms with E-state index in [0.29, 0.717) is 24.7 Å². The van der Waals surface area contributed by atoms with Gasteiger partial charge in [0.2, 0.25) is 17.7 Å². The molecule has 0 saturated carbocycles. The Bertz CT molecular complexity index is 1020. The Kier molecular flexibility index (Phi) is 19.1. The maximum absolute atomic E-state index is 13.2. The maximum atomic E-state index is 13.2. The monoisotopic (exact) mass is 583 g/mol. The van der Waals surface area contributed by atoms with Gasteiger partial charge in [-0.15, -0.1) is 0 Å². The van der Waals surface area contributed by atoms with E-state index in [-0.39, 0.29) is 32.0 Å². The molecule has 0 aliphatic heterocycles. The Balaban J connectivity index is 2.88. The standard InChI is InChI=1S/C32H49N5O5/c1-5-8-10-13-25(4)22-28(32(42)33-18-21-38)36-29(39)23-34-31(41)27(17-16-26-14-11-9-12-15-26)35-30(40)24-37(19-6-2)20-7-3/h5,8-15,21,27-29,36,39H,4,6-7,16-20,22-24H2,1-3H3,(H,33,42)(H,34,41)(H,35,40)/b8-5-,13-10-/t27-,28-,29?/m0/s1. The first-order valence-corrected chi connectivity index (χ1v) is 14.7. The van der Waals surface area contributed by atoms with Gasteiger partial charge in [-0.3, -0.25) is 24.6 Å². The maximum Gasteiger partial charge on any atom is 0.242 e. The number of rotatable bonds is 22.